The first-order valence-corrected chi connectivity index (χ1v) is 6.86. The summed E-state index contributed by atoms with van der Waals surface area (Å²) in [5, 5.41) is 8.84. The summed E-state index contributed by atoms with van der Waals surface area (Å²) >= 11 is 7.04. The van der Waals surface area contributed by atoms with Crippen molar-refractivity contribution in [3.63, 3.8) is 0 Å². The molecule has 1 saturated heterocycles. The molecule has 0 bridgehead atoms. The van der Waals surface area contributed by atoms with Crippen LogP contribution in [0.4, 0.5) is 0 Å². The van der Waals surface area contributed by atoms with Crippen LogP contribution < -0.4 is 10.6 Å². The average molecular weight is 269 g/mol. The average Bonchev–Trinajstić information content (AvgIpc) is 2.74. The molecule has 1 aliphatic heterocycles. The van der Waals surface area contributed by atoms with Crippen molar-refractivity contribution in [2.75, 3.05) is 19.6 Å². The molecule has 0 aromatic carbocycles. The van der Waals surface area contributed by atoms with E-state index in [9.17, 15) is 4.79 Å². The van der Waals surface area contributed by atoms with Crippen LogP contribution in [0.3, 0.4) is 0 Å². The standard InChI is InChI=1S/C11H15N3OS2/c15-10-3-5-14(6-4-12-10)11(16)13-8-9-2-1-7-17-9/h1-2,7H,3-6,8H2,(H,12,15)(H,13,16). The van der Waals surface area contributed by atoms with Gasteiger partial charge in [-0.1, -0.05) is 6.07 Å². The van der Waals surface area contributed by atoms with E-state index in [2.05, 4.69) is 22.1 Å². The monoisotopic (exact) mass is 269 g/mol. The van der Waals surface area contributed by atoms with E-state index in [-0.39, 0.29) is 5.91 Å². The van der Waals surface area contributed by atoms with Gasteiger partial charge in [-0.2, -0.15) is 0 Å². The fourth-order valence-corrected chi connectivity index (χ4v) is 2.56. The Hall–Kier alpha value is -1.14. The number of hydrogen-bond donors (Lipinski definition) is 2. The highest BCUT2D eigenvalue weighted by Gasteiger charge is 2.15. The highest BCUT2D eigenvalue weighted by molar-refractivity contribution is 7.80. The Morgan fingerprint density at radius 2 is 2.47 bits per heavy atom. The molecule has 1 fully saturated rings. The first kappa shape index (κ1) is 12.3. The number of nitrogens with one attached hydrogen (secondary N) is 2. The van der Waals surface area contributed by atoms with E-state index in [0.29, 0.717) is 19.5 Å². The minimum absolute atomic E-state index is 0.105. The maximum atomic E-state index is 11.2. The van der Waals surface area contributed by atoms with Crippen molar-refractivity contribution in [3.8, 4) is 0 Å². The highest BCUT2D eigenvalue weighted by atomic mass is 32.1. The fourth-order valence-electron chi connectivity index (χ4n) is 1.66. The van der Waals surface area contributed by atoms with Crippen LogP contribution in [0.15, 0.2) is 17.5 Å². The van der Waals surface area contributed by atoms with E-state index < -0.39 is 0 Å². The van der Waals surface area contributed by atoms with Gasteiger partial charge in [-0.25, -0.2) is 0 Å². The molecule has 92 valence electrons. The van der Waals surface area contributed by atoms with Gasteiger partial charge in [0, 0.05) is 30.9 Å². The summed E-state index contributed by atoms with van der Waals surface area (Å²) in [5.41, 5.74) is 0. The Bertz CT molecular complexity index is 391. The summed E-state index contributed by atoms with van der Waals surface area (Å²) in [5.74, 6) is 0.105. The normalized spacial score (nSPS) is 16.2. The molecule has 1 amide bonds. The third-order valence-electron chi connectivity index (χ3n) is 2.59. The van der Waals surface area contributed by atoms with Gasteiger partial charge in [0.05, 0.1) is 6.54 Å². The molecule has 2 rings (SSSR count). The Morgan fingerprint density at radius 3 is 3.24 bits per heavy atom. The second-order valence-electron chi connectivity index (χ2n) is 3.83. The van der Waals surface area contributed by atoms with Crippen molar-refractivity contribution in [2.45, 2.75) is 13.0 Å². The minimum atomic E-state index is 0.105. The lowest BCUT2D eigenvalue weighted by Crippen LogP contribution is -2.41. The van der Waals surface area contributed by atoms with Crippen molar-refractivity contribution in [1.82, 2.24) is 15.5 Å². The Balaban J connectivity index is 1.80. The highest BCUT2D eigenvalue weighted by Crippen LogP contribution is 2.08. The molecule has 17 heavy (non-hydrogen) atoms. The number of rotatable bonds is 2. The van der Waals surface area contributed by atoms with E-state index in [1.807, 2.05) is 11.0 Å². The molecular weight excluding hydrogens is 254 g/mol. The van der Waals surface area contributed by atoms with Crippen LogP contribution in [0.2, 0.25) is 0 Å². The van der Waals surface area contributed by atoms with Crippen LogP contribution in [0.5, 0.6) is 0 Å². The number of thiocarbonyl (C=S) groups is 1. The van der Waals surface area contributed by atoms with Gasteiger partial charge in [-0.3, -0.25) is 4.79 Å². The lowest BCUT2D eigenvalue weighted by atomic mass is 10.4. The van der Waals surface area contributed by atoms with Crippen LogP contribution in [0.1, 0.15) is 11.3 Å². The molecular formula is C11H15N3OS2. The predicted octanol–water partition coefficient (Wildman–Crippen LogP) is 0.945. The first-order chi connectivity index (χ1) is 8.25. The van der Waals surface area contributed by atoms with Crippen LogP contribution in [0.25, 0.3) is 0 Å². The third-order valence-corrected chi connectivity index (χ3v) is 3.87. The van der Waals surface area contributed by atoms with Crippen LogP contribution in [-0.4, -0.2) is 35.6 Å². The van der Waals surface area contributed by atoms with Crippen LogP contribution in [0, 0.1) is 0 Å². The lowest BCUT2D eigenvalue weighted by Gasteiger charge is -2.22. The van der Waals surface area contributed by atoms with Crippen LogP contribution in [-0.2, 0) is 11.3 Å². The molecule has 6 heteroatoms. The van der Waals surface area contributed by atoms with Gasteiger partial charge in [-0.05, 0) is 23.7 Å². The van der Waals surface area contributed by atoms with Gasteiger partial charge in [0.15, 0.2) is 5.11 Å². The molecule has 0 radical (unpaired) electrons. The second kappa shape index (κ2) is 5.97. The Morgan fingerprint density at radius 1 is 1.59 bits per heavy atom. The smallest absolute Gasteiger partial charge is 0.221 e. The number of amides is 1. The van der Waals surface area contributed by atoms with Gasteiger partial charge in [0.1, 0.15) is 0 Å². The molecule has 2 heterocycles. The van der Waals surface area contributed by atoms with E-state index in [1.54, 1.807) is 11.3 Å². The molecule has 0 atom stereocenters. The summed E-state index contributed by atoms with van der Waals surface area (Å²) in [6.07, 6.45) is 0.515. The zero-order valence-corrected chi connectivity index (χ0v) is 11.1. The van der Waals surface area contributed by atoms with Crippen molar-refractivity contribution < 1.29 is 4.79 Å². The summed E-state index contributed by atoms with van der Waals surface area (Å²) < 4.78 is 0. The fraction of sp³-hybridized carbons (Fsp3) is 0.455. The third kappa shape index (κ3) is 3.67. The number of carbonyl (C=O) groups is 1. The van der Waals surface area contributed by atoms with Crippen molar-refractivity contribution in [2.24, 2.45) is 0 Å². The summed E-state index contributed by atoms with van der Waals surface area (Å²) in [4.78, 5) is 14.5. The number of hydrogen-bond acceptors (Lipinski definition) is 3. The SMILES string of the molecule is O=C1CCN(C(=S)NCc2cccs2)CCN1. The summed E-state index contributed by atoms with van der Waals surface area (Å²) in [6.45, 7) is 2.90. The van der Waals surface area contributed by atoms with E-state index in [1.165, 1.54) is 4.88 Å². The van der Waals surface area contributed by atoms with E-state index in [0.717, 1.165) is 18.2 Å². The molecule has 2 N–H and O–H groups in total. The maximum Gasteiger partial charge on any atom is 0.221 e. The topological polar surface area (TPSA) is 44.4 Å². The molecule has 4 nitrogen and oxygen atoms in total. The minimum Gasteiger partial charge on any atom is -0.358 e. The summed E-state index contributed by atoms with van der Waals surface area (Å²) in [6, 6.07) is 4.10. The van der Waals surface area contributed by atoms with E-state index >= 15 is 0 Å². The molecule has 1 aromatic heterocycles. The lowest BCUT2D eigenvalue weighted by molar-refractivity contribution is -0.120. The number of carbonyl (C=O) groups excluding carboxylic acids is 1. The van der Waals surface area contributed by atoms with Gasteiger partial charge in [0.2, 0.25) is 5.91 Å². The molecule has 0 spiro atoms. The van der Waals surface area contributed by atoms with Crippen molar-refractivity contribution in [1.29, 1.82) is 0 Å². The maximum absolute atomic E-state index is 11.2. The molecule has 0 unspecified atom stereocenters. The van der Waals surface area contributed by atoms with Gasteiger partial charge in [0.25, 0.3) is 0 Å². The van der Waals surface area contributed by atoms with Gasteiger partial charge in [-0.15, -0.1) is 11.3 Å². The molecule has 1 aromatic rings. The number of thiophene rings is 1. The first-order valence-electron chi connectivity index (χ1n) is 5.57. The zero-order valence-electron chi connectivity index (χ0n) is 9.44. The van der Waals surface area contributed by atoms with E-state index in [4.69, 9.17) is 12.2 Å². The van der Waals surface area contributed by atoms with Crippen molar-refractivity contribution in [3.05, 3.63) is 22.4 Å². The summed E-state index contributed by atoms with van der Waals surface area (Å²) in [7, 11) is 0. The molecule has 0 aliphatic carbocycles. The molecule has 1 aliphatic rings. The van der Waals surface area contributed by atoms with Gasteiger partial charge >= 0.3 is 0 Å². The van der Waals surface area contributed by atoms with Crippen LogP contribution >= 0.6 is 23.6 Å². The quantitative estimate of drug-likeness (QED) is 0.785. The second-order valence-corrected chi connectivity index (χ2v) is 5.24. The zero-order chi connectivity index (χ0) is 12.1. The van der Waals surface area contributed by atoms with Crippen molar-refractivity contribution >= 4 is 34.6 Å². The Labute approximate surface area is 110 Å². The molecule has 0 saturated carbocycles. The largest absolute Gasteiger partial charge is 0.358 e. The predicted molar refractivity (Wildman–Crippen MR) is 73.0 cm³/mol. The number of nitrogens with zero attached hydrogens (tertiary/aromatic N) is 1. The Kier molecular flexibility index (Phi) is 4.33. The van der Waals surface area contributed by atoms with Gasteiger partial charge < -0.3 is 15.5 Å².